The minimum absolute atomic E-state index is 0.0989. The molecule has 194 valence electrons. The quantitative estimate of drug-likeness (QED) is 0.405. The Balaban J connectivity index is 1.36. The van der Waals surface area contributed by atoms with Gasteiger partial charge in [-0.15, -0.1) is 0 Å². The Labute approximate surface area is 212 Å². The molecule has 3 N–H and O–H groups in total. The number of nitrogens with one attached hydrogen (secondary N) is 1. The predicted octanol–water partition coefficient (Wildman–Crippen LogP) is 3.60. The van der Waals surface area contributed by atoms with Crippen LogP contribution in [0.4, 0.5) is 4.39 Å². The molecule has 0 saturated heterocycles. The van der Waals surface area contributed by atoms with Crippen molar-refractivity contribution >= 4 is 23.5 Å². The SMILES string of the molecule is COc1cc2c(c(Cl)c1OCCCOc1c(O)cc3c(c1F)CNC3)CN(C(=O)C[C@H](C)C(=O)O)C2. The highest BCUT2D eigenvalue weighted by atomic mass is 35.5. The number of carbonyl (C=O) groups excluding carboxylic acids is 1. The van der Waals surface area contributed by atoms with Crippen LogP contribution in [-0.4, -0.2) is 47.3 Å². The lowest BCUT2D eigenvalue weighted by atomic mass is 10.1. The van der Waals surface area contributed by atoms with Crippen molar-refractivity contribution in [2.24, 2.45) is 5.92 Å². The van der Waals surface area contributed by atoms with E-state index in [9.17, 15) is 19.1 Å². The average molecular weight is 523 g/mol. The van der Waals surface area contributed by atoms with Gasteiger partial charge in [0.1, 0.15) is 0 Å². The fraction of sp³-hybridized carbons (Fsp3) is 0.440. The number of phenols is 1. The zero-order valence-corrected chi connectivity index (χ0v) is 20.8. The van der Waals surface area contributed by atoms with Crippen molar-refractivity contribution in [1.82, 2.24) is 10.2 Å². The topological polar surface area (TPSA) is 118 Å². The van der Waals surface area contributed by atoms with Crippen LogP contribution in [0.2, 0.25) is 5.02 Å². The van der Waals surface area contributed by atoms with Gasteiger partial charge in [-0.1, -0.05) is 18.5 Å². The zero-order valence-electron chi connectivity index (χ0n) is 20.0. The van der Waals surface area contributed by atoms with Gasteiger partial charge in [0.2, 0.25) is 5.91 Å². The first kappa shape index (κ1) is 25.8. The van der Waals surface area contributed by atoms with Crippen molar-refractivity contribution in [3.05, 3.63) is 45.2 Å². The van der Waals surface area contributed by atoms with Crippen molar-refractivity contribution in [2.75, 3.05) is 20.3 Å². The number of carboxylic acids is 1. The Morgan fingerprint density at radius 1 is 1.14 bits per heavy atom. The lowest BCUT2D eigenvalue weighted by Gasteiger charge is -2.17. The summed E-state index contributed by atoms with van der Waals surface area (Å²) in [4.78, 5) is 25.2. The number of halogens is 2. The molecule has 9 nitrogen and oxygen atoms in total. The first-order valence-electron chi connectivity index (χ1n) is 11.6. The molecule has 0 spiro atoms. The summed E-state index contributed by atoms with van der Waals surface area (Å²) < 4.78 is 31.4. The van der Waals surface area contributed by atoms with Crippen LogP contribution in [0.1, 0.15) is 42.0 Å². The summed E-state index contributed by atoms with van der Waals surface area (Å²) >= 11 is 6.61. The fourth-order valence-electron chi connectivity index (χ4n) is 4.33. The number of phenolic OH excluding ortho intramolecular Hbond substituents is 1. The van der Waals surface area contributed by atoms with E-state index in [1.807, 2.05) is 0 Å². The standard InChI is InChI=1S/C25H28ClFN2O7/c1-13(25(32)33)6-20(31)29-11-15-8-19(34-2)24(21(26)17(15)12-29)36-5-3-4-35-23-18(30)7-14-9-28-10-16(14)22(23)27/h7-8,13,28,30H,3-6,9-12H2,1-2H3,(H,32,33)/t13-/m0/s1. The number of carboxylic acid groups (broad SMARTS) is 1. The molecule has 0 aromatic heterocycles. The van der Waals surface area contributed by atoms with Crippen LogP contribution in [0.3, 0.4) is 0 Å². The number of amides is 1. The molecule has 2 heterocycles. The smallest absolute Gasteiger partial charge is 0.306 e. The van der Waals surface area contributed by atoms with Crippen LogP contribution in [0.25, 0.3) is 0 Å². The minimum atomic E-state index is -1.02. The van der Waals surface area contributed by atoms with Gasteiger partial charge in [-0.05, 0) is 28.8 Å². The molecule has 0 aliphatic carbocycles. The van der Waals surface area contributed by atoms with Crippen LogP contribution in [0.15, 0.2) is 12.1 Å². The molecule has 11 heteroatoms. The van der Waals surface area contributed by atoms with E-state index in [0.717, 1.165) is 16.7 Å². The molecule has 0 fully saturated rings. The summed E-state index contributed by atoms with van der Waals surface area (Å²) in [5.74, 6) is -2.32. The van der Waals surface area contributed by atoms with E-state index in [0.29, 0.717) is 48.1 Å². The molecular formula is C25H28ClFN2O7. The van der Waals surface area contributed by atoms with Crippen molar-refractivity contribution < 1.29 is 38.4 Å². The summed E-state index contributed by atoms with van der Waals surface area (Å²) in [5.41, 5.74) is 2.74. The van der Waals surface area contributed by atoms with Crippen molar-refractivity contribution in [1.29, 1.82) is 0 Å². The third kappa shape index (κ3) is 5.15. The number of carbonyl (C=O) groups is 2. The predicted molar refractivity (Wildman–Crippen MR) is 128 cm³/mol. The summed E-state index contributed by atoms with van der Waals surface area (Å²) in [6.07, 6.45) is 0.279. The Hall–Kier alpha value is -3.24. The monoisotopic (exact) mass is 522 g/mol. The van der Waals surface area contributed by atoms with Gasteiger partial charge in [-0.2, -0.15) is 0 Å². The number of fused-ring (bicyclic) bond motifs is 2. The van der Waals surface area contributed by atoms with Gasteiger partial charge in [-0.3, -0.25) is 9.59 Å². The number of benzene rings is 2. The molecule has 1 amide bonds. The number of aromatic hydroxyl groups is 1. The Bertz CT molecular complexity index is 1190. The second kappa shape index (κ2) is 10.8. The largest absolute Gasteiger partial charge is 0.504 e. The molecule has 0 unspecified atom stereocenters. The van der Waals surface area contributed by atoms with Gasteiger partial charge in [0.15, 0.2) is 28.8 Å². The van der Waals surface area contributed by atoms with Crippen LogP contribution in [-0.2, 0) is 35.8 Å². The van der Waals surface area contributed by atoms with Crippen LogP contribution in [0, 0.1) is 11.7 Å². The molecule has 0 radical (unpaired) electrons. The third-order valence-corrected chi connectivity index (χ3v) is 6.76. The van der Waals surface area contributed by atoms with Gasteiger partial charge in [0, 0.05) is 44.6 Å². The maximum atomic E-state index is 14.6. The van der Waals surface area contributed by atoms with E-state index in [-0.39, 0.29) is 43.6 Å². The fourth-order valence-corrected chi connectivity index (χ4v) is 4.65. The Morgan fingerprint density at radius 3 is 2.56 bits per heavy atom. The van der Waals surface area contributed by atoms with Crippen LogP contribution < -0.4 is 19.5 Å². The average Bonchev–Trinajstić information content (AvgIpc) is 3.49. The van der Waals surface area contributed by atoms with Crippen molar-refractivity contribution in [3.63, 3.8) is 0 Å². The third-order valence-electron chi connectivity index (χ3n) is 6.36. The molecule has 36 heavy (non-hydrogen) atoms. The Morgan fingerprint density at radius 2 is 1.86 bits per heavy atom. The van der Waals surface area contributed by atoms with E-state index in [1.165, 1.54) is 20.1 Å². The molecule has 2 aliphatic rings. The van der Waals surface area contributed by atoms with E-state index in [4.69, 9.17) is 30.9 Å². The van der Waals surface area contributed by atoms with Crippen LogP contribution >= 0.6 is 11.6 Å². The van der Waals surface area contributed by atoms with Crippen molar-refractivity contribution in [3.8, 4) is 23.0 Å². The molecule has 2 aromatic carbocycles. The van der Waals surface area contributed by atoms with Crippen molar-refractivity contribution in [2.45, 2.75) is 45.9 Å². The number of methoxy groups -OCH3 is 1. The van der Waals surface area contributed by atoms with Gasteiger partial charge < -0.3 is 34.6 Å². The highest BCUT2D eigenvalue weighted by Gasteiger charge is 2.30. The van der Waals surface area contributed by atoms with Gasteiger partial charge >= 0.3 is 5.97 Å². The second-order valence-corrected chi connectivity index (χ2v) is 9.26. The number of hydrogen-bond donors (Lipinski definition) is 3. The summed E-state index contributed by atoms with van der Waals surface area (Å²) in [7, 11) is 1.48. The number of rotatable bonds is 10. The summed E-state index contributed by atoms with van der Waals surface area (Å²) in [6, 6.07) is 3.27. The van der Waals surface area contributed by atoms with Gasteiger partial charge in [-0.25, -0.2) is 4.39 Å². The molecular weight excluding hydrogens is 495 g/mol. The zero-order chi connectivity index (χ0) is 26.0. The first-order valence-corrected chi connectivity index (χ1v) is 12.0. The maximum absolute atomic E-state index is 14.6. The molecule has 1 atom stereocenters. The molecule has 0 saturated carbocycles. The highest BCUT2D eigenvalue weighted by Crippen LogP contribution is 2.43. The number of hydrogen-bond acceptors (Lipinski definition) is 7. The number of aliphatic carboxylic acids is 1. The maximum Gasteiger partial charge on any atom is 0.306 e. The van der Waals surface area contributed by atoms with E-state index in [2.05, 4.69) is 5.32 Å². The normalized spacial score (nSPS) is 14.8. The number of ether oxygens (including phenoxy) is 3. The first-order chi connectivity index (χ1) is 17.2. The summed E-state index contributed by atoms with van der Waals surface area (Å²) in [6.45, 7) is 3.22. The number of nitrogens with zero attached hydrogens (tertiary/aromatic N) is 1. The lowest BCUT2D eigenvalue weighted by Crippen LogP contribution is -2.28. The molecule has 2 aromatic rings. The lowest BCUT2D eigenvalue weighted by molar-refractivity contribution is -0.145. The molecule has 2 aliphatic heterocycles. The van der Waals surface area contributed by atoms with Crippen LogP contribution in [0.5, 0.6) is 23.0 Å². The van der Waals surface area contributed by atoms with E-state index >= 15 is 0 Å². The summed E-state index contributed by atoms with van der Waals surface area (Å²) in [5, 5.41) is 22.5. The highest BCUT2D eigenvalue weighted by molar-refractivity contribution is 6.33. The molecule has 4 rings (SSSR count). The molecule has 0 bridgehead atoms. The second-order valence-electron chi connectivity index (χ2n) is 8.88. The van der Waals surface area contributed by atoms with Gasteiger partial charge in [0.05, 0.1) is 31.3 Å². The van der Waals surface area contributed by atoms with E-state index in [1.54, 1.807) is 11.0 Å². The van der Waals surface area contributed by atoms with Gasteiger partial charge in [0.25, 0.3) is 0 Å². The minimum Gasteiger partial charge on any atom is -0.504 e. The van der Waals surface area contributed by atoms with E-state index < -0.39 is 17.7 Å². The Kier molecular flexibility index (Phi) is 7.75.